The quantitative estimate of drug-likeness (QED) is 0.690. The molecule has 0 atom stereocenters. The first-order valence-corrected chi connectivity index (χ1v) is 5.41. The molecule has 0 unspecified atom stereocenters. The van der Waals surface area contributed by atoms with Crippen molar-refractivity contribution in [3.63, 3.8) is 0 Å². The highest BCUT2D eigenvalue weighted by Crippen LogP contribution is 2.20. The molecule has 0 saturated heterocycles. The number of hydrogen-bond donors (Lipinski definition) is 1. The summed E-state index contributed by atoms with van der Waals surface area (Å²) in [5.74, 6) is 0.521. The third-order valence-corrected chi connectivity index (χ3v) is 2.75. The van der Waals surface area contributed by atoms with Gasteiger partial charge < -0.3 is 5.73 Å². The summed E-state index contributed by atoms with van der Waals surface area (Å²) in [6.45, 7) is 1.99. The third-order valence-electron chi connectivity index (χ3n) is 2.75. The highest BCUT2D eigenvalue weighted by atomic mass is 15.1. The summed E-state index contributed by atoms with van der Waals surface area (Å²) in [6.07, 6.45) is 1.78. The van der Waals surface area contributed by atoms with Crippen LogP contribution in [0, 0.1) is 6.92 Å². The zero-order valence-corrected chi connectivity index (χ0v) is 9.46. The van der Waals surface area contributed by atoms with Crippen LogP contribution in [0.2, 0.25) is 0 Å². The largest absolute Gasteiger partial charge is 0.384 e. The first-order chi connectivity index (χ1) is 8.25. The molecular formula is C13H12N4. The molecule has 17 heavy (non-hydrogen) atoms. The fraction of sp³-hybridized carbons (Fsp3) is 0.0769. The van der Waals surface area contributed by atoms with Gasteiger partial charge in [-0.2, -0.15) is 0 Å². The van der Waals surface area contributed by atoms with Crippen molar-refractivity contribution in [3.05, 3.63) is 48.3 Å². The highest BCUT2D eigenvalue weighted by Gasteiger charge is 2.08. The van der Waals surface area contributed by atoms with Crippen LogP contribution in [0.3, 0.4) is 0 Å². The van der Waals surface area contributed by atoms with Crippen LogP contribution < -0.4 is 5.73 Å². The van der Waals surface area contributed by atoms with E-state index >= 15 is 0 Å². The Morgan fingerprint density at radius 3 is 2.71 bits per heavy atom. The number of rotatable bonds is 1. The van der Waals surface area contributed by atoms with E-state index in [1.165, 1.54) is 0 Å². The maximum atomic E-state index is 5.78. The van der Waals surface area contributed by atoms with E-state index < -0.39 is 0 Å². The Hall–Kier alpha value is -2.36. The molecule has 1 aromatic carbocycles. The van der Waals surface area contributed by atoms with E-state index in [9.17, 15) is 0 Å². The van der Waals surface area contributed by atoms with Gasteiger partial charge in [0.2, 0.25) is 0 Å². The fourth-order valence-corrected chi connectivity index (χ4v) is 1.95. The van der Waals surface area contributed by atoms with E-state index in [2.05, 4.69) is 9.97 Å². The molecule has 0 spiro atoms. The number of nitrogen functional groups attached to an aromatic ring is 1. The molecule has 0 aliphatic rings. The number of aromatic nitrogens is 3. The average molecular weight is 224 g/mol. The lowest BCUT2D eigenvalue weighted by Gasteiger charge is -2.04. The summed E-state index contributed by atoms with van der Waals surface area (Å²) in [7, 11) is 0. The van der Waals surface area contributed by atoms with Crippen LogP contribution in [0.25, 0.3) is 16.9 Å². The zero-order valence-electron chi connectivity index (χ0n) is 9.46. The molecule has 4 heteroatoms. The number of fused-ring (bicyclic) bond motifs is 1. The topological polar surface area (TPSA) is 56.7 Å². The van der Waals surface area contributed by atoms with Crippen molar-refractivity contribution < 1.29 is 0 Å². The Balaban J connectivity index is 2.32. The van der Waals surface area contributed by atoms with Gasteiger partial charge in [0.1, 0.15) is 17.7 Å². The van der Waals surface area contributed by atoms with Crippen molar-refractivity contribution in [1.82, 2.24) is 14.5 Å². The minimum Gasteiger partial charge on any atom is -0.384 e. The number of para-hydroxylation sites is 1. The summed E-state index contributed by atoms with van der Waals surface area (Å²) < 4.78 is 1.94. The lowest BCUT2D eigenvalue weighted by Crippen LogP contribution is -1.97. The van der Waals surface area contributed by atoms with Gasteiger partial charge in [-0.3, -0.25) is 4.57 Å². The minimum absolute atomic E-state index is 0.521. The smallest absolute Gasteiger partial charge is 0.167 e. The Morgan fingerprint density at radius 1 is 1.18 bits per heavy atom. The van der Waals surface area contributed by atoms with Gasteiger partial charge in [0.25, 0.3) is 0 Å². The molecule has 0 saturated carbocycles. The van der Waals surface area contributed by atoms with Gasteiger partial charge in [-0.05, 0) is 30.7 Å². The summed E-state index contributed by atoms with van der Waals surface area (Å²) in [6, 6.07) is 11.8. The monoisotopic (exact) mass is 224 g/mol. The number of nitrogens with zero attached hydrogens (tertiary/aromatic N) is 3. The number of imidazole rings is 1. The molecule has 2 N–H and O–H groups in total. The molecule has 0 aliphatic carbocycles. The van der Waals surface area contributed by atoms with Gasteiger partial charge in [0.05, 0.1) is 0 Å². The molecule has 0 amide bonds. The summed E-state index contributed by atoms with van der Waals surface area (Å²) in [4.78, 5) is 8.73. The van der Waals surface area contributed by atoms with Crippen molar-refractivity contribution >= 4 is 17.0 Å². The summed E-state index contributed by atoms with van der Waals surface area (Å²) >= 11 is 0. The number of hydrogen-bond acceptors (Lipinski definition) is 3. The molecule has 2 heterocycles. The number of nitrogens with two attached hydrogens (primary N) is 1. The van der Waals surface area contributed by atoms with Crippen LogP contribution in [0.5, 0.6) is 0 Å². The number of anilines is 1. The standard InChI is InChI=1S/C13H12N4/c1-9-7-11(14)16-13-12(9)15-8-17(13)10-5-3-2-4-6-10/h2-8H,1H3,(H2,14,16). The first kappa shape index (κ1) is 9.84. The number of pyridine rings is 1. The summed E-state index contributed by atoms with van der Waals surface area (Å²) in [5, 5.41) is 0. The van der Waals surface area contributed by atoms with Crippen molar-refractivity contribution in [1.29, 1.82) is 0 Å². The van der Waals surface area contributed by atoms with Gasteiger partial charge in [-0.25, -0.2) is 9.97 Å². The number of benzene rings is 1. The SMILES string of the molecule is Cc1cc(N)nc2c1ncn2-c1ccccc1. The lowest BCUT2D eigenvalue weighted by atomic mass is 10.2. The van der Waals surface area contributed by atoms with Gasteiger partial charge in [-0.1, -0.05) is 18.2 Å². The molecule has 3 aromatic rings. The fourth-order valence-electron chi connectivity index (χ4n) is 1.95. The molecule has 84 valence electrons. The lowest BCUT2D eigenvalue weighted by molar-refractivity contribution is 1.07. The van der Waals surface area contributed by atoms with Crippen molar-refractivity contribution in [2.45, 2.75) is 6.92 Å². The maximum absolute atomic E-state index is 5.78. The Labute approximate surface area is 98.7 Å². The molecule has 0 aliphatic heterocycles. The van der Waals surface area contributed by atoms with Crippen LogP contribution in [-0.2, 0) is 0 Å². The van der Waals surface area contributed by atoms with Gasteiger partial charge >= 0.3 is 0 Å². The second kappa shape index (κ2) is 3.59. The van der Waals surface area contributed by atoms with Gasteiger partial charge in [-0.15, -0.1) is 0 Å². The molecule has 0 fully saturated rings. The molecule has 3 rings (SSSR count). The second-order valence-electron chi connectivity index (χ2n) is 3.99. The van der Waals surface area contributed by atoms with E-state index in [4.69, 9.17) is 5.73 Å². The Kier molecular flexibility index (Phi) is 2.08. The predicted molar refractivity (Wildman–Crippen MR) is 68.0 cm³/mol. The van der Waals surface area contributed by atoms with E-state index in [1.54, 1.807) is 6.33 Å². The number of aryl methyl sites for hydroxylation is 1. The average Bonchev–Trinajstić information content (AvgIpc) is 2.74. The summed E-state index contributed by atoms with van der Waals surface area (Å²) in [5.41, 5.74) is 9.55. The van der Waals surface area contributed by atoms with Crippen LogP contribution in [-0.4, -0.2) is 14.5 Å². The molecule has 2 aromatic heterocycles. The first-order valence-electron chi connectivity index (χ1n) is 5.41. The molecule has 4 nitrogen and oxygen atoms in total. The van der Waals surface area contributed by atoms with E-state index in [0.717, 1.165) is 22.4 Å². The zero-order chi connectivity index (χ0) is 11.8. The van der Waals surface area contributed by atoms with E-state index in [-0.39, 0.29) is 0 Å². The normalized spacial score (nSPS) is 10.9. The molecular weight excluding hydrogens is 212 g/mol. The van der Waals surface area contributed by atoms with E-state index in [1.807, 2.05) is 47.9 Å². The highest BCUT2D eigenvalue weighted by molar-refractivity contribution is 5.78. The second-order valence-corrected chi connectivity index (χ2v) is 3.99. The Bertz CT molecular complexity index is 670. The van der Waals surface area contributed by atoms with Gasteiger partial charge in [0.15, 0.2) is 5.65 Å². The minimum atomic E-state index is 0.521. The molecule has 0 radical (unpaired) electrons. The maximum Gasteiger partial charge on any atom is 0.167 e. The van der Waals surface area contributed by atoms with Crippen molar-refractivity contribution in [3.8, 4) is 5.69 Å². The van der Waals surface area contributed by atoms with Crippen LogP contribution >= 0.6 is 0 Å². The third kappa shape index (κ3) is 1.54. The molecule has 0 bridgehead atoms. The van der Waals surface area contributed by atoms with Crippen molar-refractivity contribution in [2.75, 3.05) is 5.73 Å². The van der Waals surface area contributed by atoms with Crippen molar-refractivity contribution in [2.24, 2.45) is 0 Å². The van der Waals surface area contributed by atoms with Crippen LogP contribution in [0.1, 0.15) is 5.56 Å². The Morgan fingerprint density at radius 2 is 1.94 bits per heavy atom. The van der Waals surface area contributed by atoms with E-state index in [0.29, 0.717) is 5.82 Å². The van der Waals surface area contributed by atoms with Gasteiger partial charge in [0, 0.05) is 5.69 Å². The van der Waals surface area contributed by atoms with Crippen LogP contribution in [0.4, 0.5) is 5.82 Å². The predicted octanol–water partition coefficient (Wildman–Crippen LogP) is 2.31. The van der Waals surface area contributed by atoms with Crippen LogP contribution in [0.15, 0.2) is 42.7 Å².